The van der Waals surface area contributed by atoms with E-state index in [9.17, 15) is 26.7 Å². The summed E-state index contributed by atoms with van der Waals surface area (Å²) in [6, 6.07) is 1.07. The van der Waals surface area contributed by atoms with Crippen LogP contribution in [0.15, 0.2) is 16.6 Å². The van der Waals surface area contributed by atoms with Crippen LogP contribution in [0.25, 0.3) is 0 Å². The number of hydrogen-bond acceptors (Lipinski definition) is 1. The van der Waals surface area contributed by atoms with Gasteiger partial charge in [0.15, 0.2) is 5.78 Å². The fraction of sp³-hybridized carbons (Fsp3) is 0.300. The summed E-state index contributed by atoms with van der Waals surface area (Å²) in [7, 11) is 0. The van der Waals surface area contributed by atoms with Crippen LogP contribution in [-0.4, -0.2) is 5.78 Å². The van der Waals surface area contributed by atoms with Crippen LogP contribution < -0.4 is 0 Å². The second-order valence-corrected chi connectivity index (χ2v) is 4.13. The Labute approximate surface area is 102 Å². The molecule has 1 aromatic carbocycles. The lowest BCUT2D eigenvalue weighted by Crippen LogP contribution is -2.12. The quantitative estimate of drug-likeness (QED) is 0.575. The van der Waals surface area contributed by atoms with E-state index in [1.54, 1.807) is 0 Å². The van der Waals surface area contributed by atoms with Gasteiger partial charge in [-0.15, -0.1) is 0 Å². The molecule has 0 spiro atoms. The highest BCUT2D eigenvalue weighted by molar-refractivity contribution is 9.10. The first kappa shape index (κ1) is 14.1. The molecule has 94 valence electrons. The maximum absolute atomic E-state index is 12.5. The molecule has 0 heterocycles. The van der Waals surface area contributed by atoms with Crippen molar-refractivity contribution in [2.75, 3.05) is 0 Å². The Hall–Kier alpha value is -0.980. The minimum atomic E-state index is -4.92. The minimum absolute atomic E-state index is 0.0756. The van der Waals surface area contributed by atoms with E-state index in [4.69, 9.17) is 0 Å². The van der Waals surface area contributed by atoms with Crippen molar-refractivity contribution in [2.24, 2.45) is 0 Å². The van der Waals surface area contributed by atoms with Crippen LogP contribution in [0.2, 0.25) is 0 Å². The topological polar surface area (TPSA) is 17.1 Å². The first-order valence-electron chi connectivity index (χ1n) is 4.34. The predicted molar refractivity (Wildman–Crippen MR) is 54.1 cm³/mol. The lowest BCUT2D eigenvalue weighted by atomic mass is 10.0. The monoisotopic (exact) mass is 316 g/mol. The average Bonchev–Trinajstić information content (AvgIpc) is 2.14. The van der Waals surface area contributed by atoms with Crippen LogP contribution >= 0.6 is 15.9 Å². The van der Waals surface area contributed by atoms with Crippen molar-refractivity contribution in [3.8, 4) is 0 Å². The number of benzene rings is 1. The van der Waals surface area contributed by atoms with Gasteiger partial charge in [-0.25, -0.2) is 8.78 Å². The molecule has 1 rings (SSSR count). The van der Waals surface area contributed by atoms with Crippen molar-refractivity contribution < 1.29 is 26.7 Å². The van der Waals surface area contributed by atoms with Gasteiger partial charge in [-0.1, -0.05) is 15.9 Å². The van der Waals surface area contributed by atoms with Crippen molar-refractivity contribution in [1.29, 1.82) is 0 Å². The van der Waals surface area contributed by atoms with Gasteiger partial charge in [-0.2, -0.15) is 13.2 Å². The zero-order valence-electron chi connectivity index (χ0n) is 8.41. The molecule has 17 heavy (non-hydrogen) atoms. The molecule has 1 aromatic rings. The van der Waals surface area contributed by atoms with Gasteiger partial charge in [-0.3, -0.25) is 4.79 Å². The van der Waals surface area contributed by atoms with Gasteiger partial charge in [-0.05, 0) is 19.1 Å². The molecule has 0 radical (unpaired) electrons. The number of alkyl halides is 5. The molecule has 0 aliphatic rings. The Kier molecular flexibility index (Phi) is 3.91. The number of halogens is 6. The van der Waals surface area contributed by atoms with E-state index in [0.29, 0.717) is 12.1 Å². The van der Waals surface area contributed by atoms with Crippen molar-refractivity contribution in [2.45, 2.75) is 19.5 Å². The Balaban J connectivity index is 3.54. The van der Waals surface area contributed by atoms with Gasteiger partial charge in [0.05, 0.1) is 5.56 Å². The summed E-state index contributed by atoms with van der Waals surface area (Å²) < 4.78 is 62.4. The van der Waals surface area contributed by atoms with Crippen LogP contribution in [0.4, 0.5) is 22.0 Å². The summed E-state index contributed by atoms with van der Waals surface area (Å²) in [6.07, 6.45) is -8.18. The molecule has 0 fully saturated rings. The third-order valence-corrected chi connectivity index (χ3v) is 2.72. The van der Waals surface area contributed by atoms with E-state index in [1.807, 2.05) is 0 Å². The predicted octanol–water partition coefficient (Wildman–Crippen LogP) is 4.61. The zero-order chi connectivity index (χ0) is 13.4. The lowest BCUT2D eigenvalue weighted by molar-refractivity contribution is -0.139. The fourth-order valence-electron chi connectivity index (χ4n) is 1.28. The maximum Gasteiger partial charge on any atom is 0.416 e. The summed E-state index contributed by atoms with van der Waals surface area (Å²) >= 11 is 2.80. The van der Waals surface area contributed by atoms with Crippen molar-refractivity contribution in [3.63, 3.8) is 0 Å². The largest absolute Gasteiger partial charge is 0.416 e. The Bertz CT molecular complexity index is 453. The lowest BCUT2D eigenvalue weighted by Gasteiger charge is -2.14. The van der Waals surface area contributed by atoms with Gasteiger partial charge in [0.1, 0.15) is 0 Å². The van der Waals surface area contributed by atoms with E-state index in [-0.39, 0.29) is 10.0 Å². The summed E-state index contributed by atoms with van der Waals surface area (Å²) in [5.41, 5.74) is -2.91. The number of carbonyl (C=O) groups is 1. The molecule has 0 bridgehead atoms. The first-order valence-corrected chi connectivity index (χ1v) is 5.13. The highest BCUT2D eigenvalue weighted by atomic mass is 79.9. The van der Waals surface area contributed by atoms with E-state index >= 15 is 0 Å². The zero-order valence-corrected chi connectivity index (χ0v) is 9.99. The molecular weight excluding hydrogens is 311 g/mol. The molecule has 0 saturated heterocycles. The van der Waals surface area contributed by atoms with E-state index < -0.39 is 29.5 Å². The smallest absolute Gasteiger partial charge is 0.294 e. The van der Waals surface area contributed by atoms with E-state index in [2.05, 4.69) is 15.9 Å². The highest BCUT2D eigenvalue weighted by Gasteiger charge is 2.36. The third kappa shape index (κ3) is 3.02. The Morgan fingerprint density at radius 1 is 1.29 bits per heavy atom. The van der Waals surface area contributed by atoms with Crippen molar-refractivity contribution in [1.82, 2.24) is 0 Å². The highest BCUT2D eigenvalue weighted by Crippen LogP contribution is 2.39. The second kappa shape index (κ2) is 4.72. The third-order valence-electron chi connectivity index (χ3n) is 2.06. The number of hydrogen-bond donors (Lipinski definition) is 0. The number of carbonyl (C=O) groups excluding carboxylic acids is 1. The normalized spacial score (nSPS) is 12.0. The van der Waals surface area contributed by atoms with Crippen LogP contribution in [0.3, 0.4) is 0 Å². The molecule has 0 aliphatic carbocycles. The Morgan fingerprint density at radius 3 is 2.18 bits per heavy atom. The number of rotatable bonds is 2. The molecular formula is C10H6BrF5O. The summed E-state index contributed by atoms with van der Waals surface area (Å²) in [5, 5.41) is 0. The molecule has 0 aliphatic heterocycles. The molecule has 0 atom stereocenters. The Morgan fingerprint density at radius 2 is 1.82 bits per heavy atom. The maximum atomic E-state index is 12.5. The molecule has 0 amide bonds. The number of ketones is 1. The summed E-state index contributed by atoms with van der Waals surface area (Å²) in [5.74, 6) is -0.636. The van der Waals surface area contributed by atoms with E-state index in [1.165, 1.54) is 0 Å². The van der Waals surface area contributed by atoms with Gasteiger partial charge in [0.2, 0.25) is 0 Å². The molecule has 7 heteroatoms. The molecule has 0 saturated carbocycles. The van der Waals surface area contributed by atoms with Gasteiger partial charge >= 0.3 is 6.18 Å². The SMILES string of the molecule is CC(=O)c1cc(C(F)(F)F)c(C(F)F)cc1Br. The second-order valence-electron chi connectivity index (χ2n) is 3.27. The van der Waals surface area contributed by atoms with Gasteiger partial charge in [0, 0.05) is 15.6 Å². The summed E-state index contributed by atoms with van der Waals surface area (Å²) in [4.78, 5) is 11.0. The fourth-order valence-corrected chi connectivity index (χ4v) is 1.92. The van der Waals surface area contributed by atoms with Crippen LogP contribution in [0.5, 0.6) is 0 Å². The van der Waals surface area contributed by atoms with Crippen LogP contribution in [-0.2, 0) is 6.18 Å². The molecule has 0 unspecified atom stereocenters. The van der Waals surface area contributed by atoms with Crippen LogP contribution in [0, 0.1) is 0 Å². The molecule has 0 N–H and O–H groups in total. The van der Waals surface area contributed by atoms with Crippen LogP contribution in [0.1, 0.15) is 34.8 Å². The van der Waals surface area contributed by atoms with E-state index in [0.717, 1.165) is 6.92 Å². The van der Waals surface area contributed by atoms with Gasteiger partial charge < -0.3 is 0 Å². The number of Topliss-reactive ketones (excluding diaryl/α,β-unsaturated/α-hetero) is 1. The summed E-state index contributed by atoms with van der Waals surface area (Å²) in [6.45, 7) is 1.06. The first-order chi connectivity index (χ1) is 7.64. The average molecular weight is 317 g/mol. The molecule has 1 nitrogen and oxygen atoms in total. The van der Waals surface area contributed by atoms with Crippen molar-refractivity contribution >= 4 is 21.7 Å². The van der Waals surface area contributed by atoms with Gasteiger partial charge in [0.25, 0.3) is 6.43 Å². The minimum Gasteiger partial charge on any atom is -0.294 e. The molecule has 0 aromatic heterocycles. The standard InChI is InChI=1S/C10H6BrF5O/c1-4(17)5-2-7(10(14,15)16)6(9(12)13)3-8(5)11/h2-3,9H,1H3. The van der Waals surface area contributed by atoms with Crippen molar-refractivity contribution in [3.05, 3.63) is 33.3 Å².